The monoisotopic (exact) mass is 384 g/mol. The van der Waals surface area contributed by atoms with Crippen molar-refractivity contribution in [2.75, 3.05) is 50.8 Å². The van der Waals surface area contributed by atoms with Crippen LogP contribution in [0, 0.1) is 0 Å². The molecule has 28 heavy (non-hydrogen) atoms. The summed E-state index contributed by atoms with van der Waals surface area (Å²) in [4.78, 5) is 4.66. The molecule has 1 aliphatic heterocycles. The van der Waals surface area contributed by atoms with Gasteiger partial charge in [-0.15, -0.1) is 0 Å². The summed E-state index contributed by atoms with van der Waals surface area (Å²) in [5.74, 6) is 1.77. The summed E-state index contributed by atoms with van der Waals surface area (Å²) in [5, 5.41) is 10.4. The molecule has 1 aliphatic rings. The van der Waals surface area contributed by atoms with E-state index in [1.807, 2.05) is 37.3 Å². The maximum absolute atomic E-state index is 10.4. The van der Waals surface area contributed by atoms with E-state index in [1.165, 1.54) is 5.56 Å². The predicted molar refractivity (Wildman–Crippen MR) is 114 cm³/mol. The lowest BCUT2D eigenvalue weighted by Gasteiger charge is -2.37. The molecule has 5 heteroatoms. The van der Waals surface area contributed by atoms with E-state index in [2.05, 4.69) is 34.9 Å². The molecule has 1 N–H and O–H groups in total. The number of hydrogen-bond donors (Lipinski definition) is 1. The Morgan fingerprint density at radius 2 is 1.75 bits per heavy atom. The number of hydrogen-bond acceptors (Lipinski definition) is 5. The van der Waals surface area contributed by atoms with Gasteiger partial charge >= 0.3 is 0 Å². The smallest absolute Gasteiger partial charge is 0.142 e. The first-order valence-electron chi connectivity index (χ1n) is 10.3. The standard InChI is InChI=1S/C23H32N2O3/c1-3-19-8-7-9-21(16-19)28-18-20(26)17-24-12-14-25(15-13-24)22-10-5-6-11-23(22)27-4-2/h5-11,16,20,26H,3-4,12-15,17-18H2,1-2H3/t20-/m1/s1. The van der Waals surface area contributed by atoms with Crippen LogP contribution >= 0.6 is 0 Å². The number of ether oxygens (including phenoxy) is 2. The number of aryl methyl sites for hydroxylation is 1. The Labute approximate surface area is 168 Å². The highest BCUT2D eigenvalue weighted by atomic mass is 16.5. The first kappa shape index (κ1) is 20.5. The fourth-order valence-corrected chi connectivity index (χ4v) is 3.57. The molecule has 0 radical (unpaired) electrons. The number of anilines is 1. The van der Waals surface area contributed by atoms with Gasteiger partial charge in [-0.3, -0.25) is 4.90 Å². The lowest BCUT2D eigenvalue weighted by Crippen LogP contribution is -2.49. The molecule has 1 heterocycles. The summed E-state index contributed by atoms with van der Waals surface area (Å²) in [6.45, 7) is 9.45. The molecule has 3 rings (SSSR count). The van der Waals surface area contributed by atoms with Crippen molar-refractivity contribution in [3.8, 4) is 11.5 Å². The molecule has 0 bridgehead atoms. The van der Waals surface area contributed by atoms with Crippen molar-refractivity contribution in [3.05, 3.63) is 54.1 Å². The SMILES string of the molecule is CCOc1ccccc1N1CCN(C[C@@H](O)COc2cccc(CC)c2)CC1. The fraction of sp³-hybridized carbons (Fsp3) is 0.478. The number of β-amino-alcohol motifs (C(OH)–C–C–N with tert-alkyl or cyclic N) is 1. The van der Waals surface area contributed by atoms with Crippen molar-refractivity contribution in [2.24, 2.45) is 0 Å². The Kier molecular flexibility index (Phi) is 7.57. The highest BCUT2D eigenvalue weighted by Crippen LogP contribution is 2.28. The van der Waals surface area contributed by atoms with Crippen molar-refractivity contribution >= 4 is 5.69 Å². The zero-order valence-corrected chi connectivity index (χ0v) is 17.0. The van der Waals surface area contributed by atoms with Crippen LogP contribution < -0.4 is 14.4 Å². The molecule has 0 spiro atoms. The van der Waals surface area contributed by atoms with Gasteiger partial charge in [0.25, 0.3) is 0 Å². The van der Waals surface area contributed by atoms with Crippen LogP contribution in [-0.2, 0) is 6.42 Å². The largest absolute Gasteiger partial charge is 0.492 e. The second kappa shape index (κ2) is 10.3. The summed E-state index contributed by atoms with van der Waals surface area (Å²) < 4.78 is 11.5. The minimum Gasteiger partial charge on any atom is -0.492 e. The van der Waals surface area contributed by atoms with Crippen LogP contribution in [-0.4, -0.2) is 62.0 Å². The van der Waals surface area contributed by atoms with Crippen LogP contribution in [0.5, 0.6) is 11.5 Å². The molecule has 1 saturated heterocycles. The number of benzene rings is 2. The molecule has 1 fully saturated rings. The minimum atomic E-state index is -0.493. The quantitative estimate of drug-likeness (QED) is 0.719. The highest BCUT2D eigenvalue weighted by molar-refractivity contribution is 5.58. The van der Waals surface area contributed by atoms with E-state index >= 15 is 0 Å². The molecule has 2 aromatic carbocycles. The van der Waals surface area contributed by atoms with Gasteiger partial charge in [-0.25, -0.2) is 0 Å². The van der Waals surface area contributed by atoms with E-state index in [-0.39, 0.29) is 0 Å². The molecule has 0 saturated carbocycles. The minimum absolute atomic E-state index is 0.320. The predicted octanol–water partition coefficient (Wildman–Crippen LogP) is 3.21. The van der Waals surface area contributed by atoms with E-state index in [4.69, 9.17) is 9.47 Å². The maximum Gasteiger partial charge on any atom is 0.142 e. The third-order valence-electron chi connectivity index (χ3n) is 5.10. The van der Waals surface area contributed by atoms with Gasteiger partial charge in [0.15, 0.2) is 0 Å². The molecule has 0 aliphatic carbocycles. The van der Waals surface area contributed by atoms with Gasteiger partial charge in [0.1, 0.15) is 24.2 Å². The summed E-state index contributed by atoms with van der Waals surface area (Å²) >= 11 is 0. The van der Waals surface area contributed by atoms with E-state index in [9.17, 15) is 5.11 Å². The Morgan fingerprint density at radius 1 is 0.964 bits per heavy atom. The van der Waals surface area contributed by atoms with Gasteiger partial charge in [-0.2, -0.15) is 0 Å². The van der Waals surface area contributed by atoms with Gasteiger partial charge < -0.3 is 19.5 Å². The van der Waals surface area contributed by atoms with Crippen LogP contribution in [0.4, 0.5) is 5.69 Å². The zero-order chi connectivity index (χ0) is 19.8. The van der Waals surface area contributed by atoms with Crippen molar-refractivity contribution < 1.29 is 14.6 Å². The lowest BCUT2D eigenvalue weighted by molar-refractivity contribution is 0.0662. The van der Waals surface area contributed by atoms with Crippen LogP contribution in [0.15, 0.2) is 48.5 Å². The summed E-state index contributed by atoms with van der Waals surface area (Å²) in [5.41, 5.74) is 2.40. The molecule has 0 aromatic heterocycles. The van der Waals surface area contributed by atoms with E-state index in [0.29, 0.717) is 19.8 Å². The highest BCUT2D eigenvalue weighted by Gasteiger charge is 2.21. The van der Waals surface area contributed by atoms with Crippen molar-refractivity contribution in [3.63, 3.8) is 0 Å². The zero-order valence-electron chi connectivity index (χ0n) is 17.0. The molecule has 2 aromatic rings. The van der Waals surface area contributed by atoms with Gasteiger partial charge in [0, 0.05) is 32.7 Å². The van der Waals surface area contributed by atoms with E-state index in [0.717, 1.165) is 49.8 Å². The topological polar surface area (TPSA) is 45.2 Å². The Bertz CT molecular complexity index is 729. The van der Waals surface area contributed by atoms with Gasteiger partial charge in [-0.05, 0) is 43.2 Å². The fourth-order valence-electron chi connectivity index (χ4n) is 3.57. The molecular formula is C23H32N2O3. The number of piperazine rings is 1. The van der Waals surface area contributed by atoms with Crippen LogP contribution in [0.2, 0.25) is 0 Å². The molecule has 5 nitrogen and oxygen atoms in total. The molecule has 0 amide bonds. The van der Waals surface area contributed by atoms with Crippen molar-refractivity contribution in [1.29, 1.82) is 0 Å². The number of aliphatic hydroxyl groups excluding tert-OH is 1. The second-order valence-electron chi connectivity index (χ2n) is 7.15. The number of rotatable bonds is 9. The summed E-state index contributed by atoms with van der Waals surface area (Å²) in [7, 11) is 0. The number of nitrogens with zero attached hydrogens (tertiary/aromatic N) is 2. The average Bonchev–Trinajstić information content (AvgIpc) is 2.74. The summed E-state index contributed by atoms with van der Waals surface area (Å²) in [6, 6.07) is 16.3. The van der Waals surface area contributed by atoms with Gasteiger partial charge in [-0.1, -0.05) is 31.2 Å². The van der Waals surface area contributed by atoms with Crippen molar-refractivity contribution in [1.82, 2.24) is 4.90 Å². The molecule has 0 unspecified atom stereocenters. The normalized spacial score (nSPS) is 16.0. The number of aliphatic hydroxyl groups is 1. The molecular weight excluding hydrogens is 352 g/mol. The third kappa shape index (κ3) is 5.63. The third-order valence-corrected chi connectivity index (χ3v) is 5.10. The lowest BCUT2D eigenvalue weighted by atomic mass is 10.2. The summed E-state index contributed by atoms with van der Waals surface area (Å²) in [6.07, 6.45) is 0.490. The average molecular weight is 385 g/mol. The second-order valence-corrected chi connectivity index (χ2v) is 7.15. The van der Waals surface area contributed by atoms with Crippen LogP contribution in [0.1, 0.15) is 19.4 Å². The van der Waals surface area contributed by atoms with Gasteiger partial charge in [0.2, 0.25) is 0 Å². The van der Waals surface area contributed by atoms with E-state index < -0.39 is 6.10 Å². The maximum atomic E-state index is 10.4. The first-order chi connectivity index (χ1) is 13.7. The Hall–Kier alpha value is -2.24. The van der Waals surface area contributed by atoms with Crippen molar-refractivity contribution in [2.45, 2.75) is 26.4 Å². The Morgan fingerprint density at radius 3 is 2.50 bits per heavy atom. The van der Waals surface area contributed by atoms with E-state index in [1.54, 1.807) is 0 Å². The number of para-hydroxylation sites is 2. The first-order valence-corrected chi connectivity index (χ1v) is 10.3. The van der Waals surface area contributed by atoms with Gasteiger partial charge in [0.05, 0.1) is 12.3 Å². The van der Waals surface area contributed by atoms with Crippen LogP contribution in [0.3, 0.4) is 0 Å². The molecule has 152 valence electrons. The van der Waals surface area contributed by atoms with Crippen LogP contribution in [0.25, 0.3) is 0 Å². The molecule has 1 atom stereocenters. The Balaban J connectivity index is 1.45.